The van der Waals surface area contributed by atoms with Crippen LogP contribution in [0.15, 0.2) is 22.7 Å². The molecule has 3 nitrogen and oxygen atoms in total. The molecule has 0 aromatic heterocycles. The minimum Gasteiger partial charge on any atom is -0.396 e. The molecule has 0 aliphatic carbocycles. The normalized spacial score (nSPS) is 11.4. The molecule has 17 heavy (non-hydrogen) atoms. The van der Waals surface area contributed by atoms with Crippen LogP contribution in [0.5, 0.6) is 0 Å². The number of carbonyl (C=O) groups excluding carboxylic acids is 1. The van der Waals surface area contributed by atoms with Crippen LogP contribution in [0.3, 0.4) is 0 Å². The average molecular weight is 321 g/mol. The van der Waals surface area contributed by atoms with E-state index in [2.05, 4.69) is 21.2 Å². The van der Waals surface area contributed by atoms with Gasteiger partial charge in [0, 0.05) is 22.2 Å². The Hall–Kier alpha value is -0.580. The molecule has 0 unspecified atom stereocenters. The summed E-state index contributed by atoms with van der Waals surface area (Å²) in [6.45, 7) is 3.76. The minimum atomic E-state index is -0.439. The Kier molecular flexibility index (Phi) is 4.98. The number of aliphatic hydroxyl groups is 1. The molecule has 0 heterocycles. The first-order valence-electron chi connectivity index (χ1n) is 5.24. The summed E-state index contributed by atoms with van der Waals surface area (Å²) >= 11 is 9.19. The number of carbonyl (C=O) groups is 1. The van der Waals surface area contributed by atoms with Crippen molar-refractivity contribution in [3.8, 4) is 0 Å². The first-order chi connectivity index (χ1) is 7.85. The zero-order chi connectivity index (χ0) is 13.1. The van der Waals surface area contributed by atoms with Gasteiger partial charge >= 0.3 is 0 Å². The van der Waals surface area contributed by atoms with Crippen molar-refractivity contribution < 1.29 is 9.90 Å². The third-order valence-electron chi connectivity index (χ3n) is 2.37. The van der Waals surface area contributed by atoms with Crippen LogP contribution in [-0.4, -0.2) is 23.2 Å². The number of benzene rings is 1. The Bertz CT molecular complexity index is 421. The fourth-order valence-electron chi connectivity index (χ4n) is 1.36. The predicted molar refractivity (Wildman–Crippen MR) is 72.4 cm³/mol. The van der Waals surface area contributed by atoms with E-state index in [1.54, 1.807) is 18.2 Å². The van der Waals surface area contributed by atoms with Gasteiger partial charge in [0.25, 0.3) is 5.91 Å². The van der Waals surface area contributed by atoms with E-state index in [0.29, 0.717) is 17.0 Å². The standard InChI is InChI=1S/C12H15BrClNO2/c1-12(2,5-6-16)15-11(17)8-3-4-9(13)10(14)7-8/h3-4,7,16H,5-6H2,1-2H3,(H,15,17). The van der Waals surface area contributed by atoms with Crippen molar-refractivity contribution in [2.45, 2.75) is 25.8 Å². The first-order valence-corrected chi connectivity index (χ1v) is 6.41. The summed E-state index contributed by atoms with van der Waals surface area (Å²) < 4.78 is 0.755. The molecule has 1 aromatic carbocycles. The van der Waals surface area contributed by atoms with E-state index in [1.807, 2.05) is 13.8 Å². The Morgan fingerprint density at radius 3 is 2.71 bits per heavy atom. The van der Waals surface area contributed by atoms with E-state index < -0.39 is 5.54 Å². The zero-order valence-electron chi connectivity index (χ0n) is 9.76. The van der Waals surface area contributed by atoms with Gasteiger partial charge < -0.3 is 10.4 Å². The SMILES string of the molecule is CC(C)(CCO)NC(=O)c1ccc(Br)c(Cl)c1. The molecule has 0 fully saturated rings. The van der Waals surface area contributed by atoms with Gasteiger partial charge in [0.2, 0.25) is 0 Å². The van der Waals surface area contributed by atoms with E-state index in [0.717, 1.165) is 4.47 Å². The molecule has 94 valence electrons. The lowest BCUT2D eigenvalue weighted by atomic mass is 10.0. The van der Waals surface area contributed by atoms with Gasteiger partial charge in [0.05, 0.1) is 5.02 Å². The second kappa shape index (κ2) is 5.85. The second-order valence-electron chi connectivity index (χ2n) is 4.44. The van der Waals surface area contributed by atoms with E-state index in [4.69, 9.17) is 16.7 Å². The van der Waals surface area contributed by atoms with E-state index in [-0.39, 0.29) is 12.5 Å². The van der Waals surface area contributed by atoms with Gasteiger partial charge in [-0.2, -0.15) is 0 Å². The van der Waals surface area contributed by atoms with Crippen molar-refractivity contribution in [3.63, 3.8) is 0 Å². The Morgan fingerprint density at radius 1 is 1.53 bits per heavy atom. The summed E-state index contributed by atoms with van der Waals surface area (Å²) in [4.78, 5) is 11.9. The van der Waals surface area contributed by atoms with Crippen molar-refractivity contribution >= 4 is 33.4 Å². The maximum Gasteiger partial charge on any atom is 0.251 e. The lowest BCUT2D eigenvalue weighted by Gasteiger charge is -2.25. The van der Waals surface area contributed by atoms with E-state index in [9.17, 15) is 4.79 Å². The Morgan fingerprint density at radius 2 is 2.18 bits per heavy atom. The van der Waals surface area contributed by atoms with Crippen molar-refractivity contribution in [3.05, 3.63) is 33.3 Å². The molecule has 1 aromatic rings. The summed E-state index contributed by atoms with van der Waals surface area (Å²) in [5, 5.41) is 12.2. The van der Waals surface area contributed by atoms with Gasteiger partial charge in [-0.25, -0.2) is 0 Å². The van der Waals surface area contributed by atoms with Crippen molar-refractivity contribution in [1.82, 2.24) is 5.32 Å². The highest BCUT2D eigenvalue weighted by Gasteiger charge is 2.20. The van der Waals surface area contributed by atoms with Crippen LogP contribution in [0.4, 0.5) is 0 Å². The number of nitrogens with one attached hydrogen (secondary N) is 1. The maximum absolute atomic E-state index is 11.9. The van der Waals surface area contributed by atoms with Crippen molar-refractivity contribution in [2.24, 2.45) is 0 Å². The number of rotatable bonds is 4. The summed E-state index contributed by atoms with van der Waals surface area (Å²) in [6, 6.07) is 5.03. The molecule has 2 N–H and O–H groups in total. The lowest BCUT2D eigenvalue weighted by molar-refractivity contribution is 0.0899. The molecule has 0 bridgehead atoms. The number of hydrogen-bond acceptors (Lipinski definition) is 2. The van der Waals surface area contributed by atoms with Crippen LogP contribution in [0, 0.1) is 0 Å². The summed E-state index contributed by atoms with van der Waals surface area (Å²) in [5.41, 5.74) is 0.0648. The topological polar surface area (TPSA) is 49.3 Å². The van der Waals surface area contributed by atoms with Crippen LogP contribution in [0.25, 0.3) is 0 Å². The van der Waals surface area contributed by atoms with Gasteiger partial charge in [0.15, 0.2) is 0 Å². The summed E-state index contributed by atoms with van der Waals surface area (Å²) in [5.74, 6) is -0.196. The number of amides is 1. The van der Waals surface area contributed by atoms with Crippen molar-refractivity contribution in [2.75, 3.05) is 6.61 Å². The van der Waals surface area contributed by atoms with Gasteiger partial charge in [-0.15, -0.1) is 0 Å². The lowest BCUT2D eigenvalue weighted by Crippen LogP contribution is -2.44. The molecule has 1 amide bonds. The monoisotopic (exact) mass is 319 g/mol. The highest BCUT2D eigenvalue weighted by atomic mass is 79.9. The quantitative estimate of drug-likeness (QED) is 0.896. The third kappa shape index (κ3) is 4.30. The van der Waals surface area contributed by atoms with Crippen LogP contribution < -0.4 is 5.32 Å². The van der Waals surface area contributed by atoms with Crippen LogP contribution in [-0.2, 0) is 0 Å². The first kappa shape index (κ1) is 14.5. The van der Waals surface area contributed by atoms with Gasteiger partial charge in [-0.3, -0.25) is 4.79 Å². The van der Waals surface area contributed by atoms with E-state index in [1.165, 1.54) is 0 Å². The van der Waals surface area contributed by atoms with Crippen molar-refractivity contribution in [1.29, 1.82) is 0 Å². The fourth-order valence-corrected chi connectivity index (χ4v) is 1.79. The predicted octanol–water partition coefficient (Wildman–Crippen LogP) is 2.99. The highest BCUT2D eigenvalue weighted by Crippen LogP contribution is 2.23. The molecule has 0 atom stereocenters. The molecule has 0 aliphatic heterocycles. The summed E-state index contributed by atoms with van der Waals surface area (Å²) in [6.07, 6.45) is 0.503. The largest absolute Gasteiger partial charge is 0.396 e. The summed E-state index contributed by atoms with van der Waals surface area (Å²) in [7, 11) is 0. The molecule has 0 aliphatic rings. The molecule has 0 radical (unpaired) electrons. The molecular weight excluding hydrogens is 305 g/mol. The smallest absolute Gasteiger partial charge is 0.251 e. The Labute approximate surface area is 114 Å². The molecule has 0 saturated heterocycles. The molecule has 0 saturated carbocycles. The fraction of sp³-hybridized carbons (Fsp3) is 0.417. The van der Waals surface area contributed by atoms with Gasteiger partial charge in [0.1, 0.15) is 0 Å². The number of halogens is 2. The zero-order valence-corrected chi connectivity index (χ0v) is 12.1. The van der Waals surface area contributed by atoms with Crippen LogP contribution in [0.1, 0.15) is 30.6 Å². The van der Waals surface area contributed by atoms with Crippen LogP contribution in [0.2, 0.25) is 5.02 Å². The minimum absolute atomic E-state index is 0.0361. The van der Waals surface area contributed by atoms with Gasteiger partial charge in [-0.1, -0.05) is 11.6 Å². The molecule has 0 spiro atoms. The van der Waals surface area contributed by atoms with Crippen LogP contribution >= 0.6 is 27.5 Å². The number of aliphatic hydroxyl groups excluding tert-OH is 1. The maximum atomic E-state index is 11.9. The third-order valence-corrected chi connectivity index (χ3v) is 3.60. The Balaban J connectivity index is 2.80. The number of hydrogen-bond donors (Lipinski definition) is 2. The molecule has 5 heteroatoms. The highest BCUT2D eigenvalue weighted by molar-refractivity contribution is 9.10. The van der Waals surface area contributed by atoms with E-state index >= 15 is 0 Å². The second-order valence-corrected chi connectivity index (χ2v) is 5.70. The molecular formula is C12H15BrClNO2. The average Bonchev–Trinajstić information content (AvgIpc) is 2.21. The molecule has 1 rings (SSSR count). The van der Waals surface area contributed by atoms with Gasteiger partial charge in [-0.05, 0) is 54.4 Å².